The fraction of sp³-hybridized carbons (Fsp3) is 0.200. The average Bonchev–Trinajstić information content (AvgIpc) is 1.97. The first kappa shape index (κ1) is 7.55. The molecule has 1 atom stereocenters. The fourth-order valence-electron chi connectivity index (χ4n) is 0.547. The van der Waals surface area contributed by atoms with Crippen molar-refractivity contribution in [2.75, 3.05) is 0 Å². The molecule has 0 aromatic carbocycles. The minimum Gasteiger partial charge on any atom is -0.503 e. The van der Waals surface area contributed by atoms with Gasteiger partial charge in [-0.2, -0.15) is 5.11 Å². The van der Waals surface area contributed by atoms with Crippen molar-refractivity contribution in [3.63, 3.8) is 0 Å². The van der Waals surface area contributed by atoms with Gasteiger partial charge in [-0.15, -0.1) is 0 Å². The summed E-state index contributed by atoms with van der Waals surface area (Å²) in [5.74, 6) is -4.26. The third-order valence-corrected chi connectivity index (χ3v) is 1.11. The second kappa shape index (κ2) is 2.24. The number of rotatable bonds is 0. The zero-order valence-electron chi connectivity index (χ0n) is 5.18. The molecule has 0 aromatic heterocycles. The Balaban J connectivity index is 3.07. The molecule has 0 aromatic rings. The normalized spacial score (nSPS) is 25.4. The number of hydrogen-bond donors (Lipinski definition) is 4. The Morgan fingerprint density at radius 3 is 2.18 bits per heavy atom. The van der Waals surface area contributed by atoms with E-state index >= 15 is 0 Å². The predicted octanol–water partition coefficient (Wildman–Crippen LogP) is 0.386. The molecule has 0 bridgehead atoms. The van der Waals surface area contributed by atoms with Gasteiger partial charge in [-0.3, -0.25) is 0 Å². The lowest BCUT2D eigenvalue weighted by molar-refractivity contribution is -0.146. The number of hydrogen-bond acceptors (Lipinski definition) is 5. The third-order valence-electron chi connectivity index (χ3n) is 1.11. The van der Waals surface area contributed by atoms with E-state index in [9.17, 15) is 5.11 Å². The van der Waals surface area contributed by atoms with Crippen LogP contribution in [0.5, 0.6) is 0 Å². The molecule has 0 spiro atoms. The van der Waals surface area contributed by atoms with E-state index in [1.54, 1.807) is 0 Å². The molecule has 0 saturated carbocycles. The minimum atomic E-state index is -2.09. The standard InChI is InChI=1S/C5H5O6/c6-1-2(7)4(9)11-5(10)3(1)8/h4,6-8,10H. The Kier molecular flexibility index (Phi) is 1.54. The highest BCUT2D eigenvalue weighted by atomic mass is 16.7. The number of aliphatic hydroxyl groups is 4. The topological polar surface area (TPSA) is 110 Å². The van der Waals surface area contributed by atoms with Crippen molar-refractivity contribution in [3.05, 3.63) is 23.2 Å². The second-order valence-corrected chi connectivity index (χ2v) is 1.84. The largest absolute Gasteiger partial charge is 0.503 e. The van der Waals surface area contributed by atoms with Crippen molar-refractivity contribution >= 4 is 0 Å². The summed E-state index contributed by atoms with van der Waals surface area (Å²) >= 11 is 0. The van der Waals surface area contributed by atoms with Gasteiger partial charge in [-0.25, -0.2) is 0 Å². The van der Waals surface area contributed by atoms with Crippen LogP contribution in [0.2, 0.25) is 0 Å². The smallest absolute Gasteiger partial charge is 0.327 e. The molecule has 1 rings (SSSR count). The Hall–Kier alpha value is -1.56. The van der Waals surface area contributed by atoms with Crippen LogP contribution in [-0.2, 0) is 9.84 Å². The molecule has 1 unspecified atom stereocenters. The summed E-state index contributed by atoms with van der Waals surface area (Å²) in [5, 5.41) is 44.9. The Labute approximate surface area is 60.9 Å². The van der Waals surface area contributed by atoms with Gasteiger partial charge >= 0.3 is 5.95 Å². The van der Waals surface area contributed by atoms with Crippen molar-refractivity contribution in [3.8, 4) is 0 Å². The summed E-state index contributed by atoms with van der Waals surface area (Å²) in [6, 6.07) is 0. The zero-order valence-corrected chi connectivity index (χ0v) is 5.18. The van der Waals surface area contributed by atoms with Crippen LogP contribution < -0.4 is 0 Å². The highest BCUT2D eigenvalue weighted by Crippen LogP contribution is 2.22. The lowest BCUT2D eigenvalue weighted by atomic mass is 10.3. The van der Waals surface area contributed by atoms with Crippen molar-refractivity contribution in [2.24, 2.45) is 0 Å². The lowest BCUT2D eigenvalue weighted by Crippen LogP contribution is -2.21. The van der Waals surface area contributed by atoms with Crippen LogP contribution in [0, 0.1) is 0 Å². The molecule has 1 aliphatic rings. The molecule has 1 heterocycles. The molecule has 0 amide bonds. The fourth-order valence-corrected chi connectivity index (χ4v) is 0.547. The molecule has 4 N–H and O–H groups in total. The lowest BCUT2D eigenvalue weighted by Gasteiger charge is -2.16. The van der Waals surface area contributed by atoms with Gasteiger partial charge in [-0.1, -0.05) is 0 Å². The minimum absolute atomic E-state index is 1.05. The van der Waals surface area contributed by atoms with Crippen LogP contribution in [0.4, 0.5) is 0 Å². The summed E-state index contributed by atoms with van der Waals surface area (Å²) in [7, 11) is 0. The van der Waals surface area contributed by atoms with Crippen LogP contribution in [0.15, 0.2) is 23.2 Å². The third kappa shape index (κ3) is 1.03. The molecule has 6 nitrogen and oxygen atoms in total. The molecule has 61 valence electrons. The van der Waals surface area contributed by atoms with E-state index in [1.807, 2.05) is 0 Å². The number of aliphatic hydroxyl groups excluding tert-OH is 4. The van der Waals surface area contributed by atoms with Gasteiger partial charge in [-0.05, 0) is 0 Å². The van der Waals surface area contributed by atoms with Gasteiger partial charge in [0.2, 0.25) is 17.3 Å². The molecule has 1 radical (unpaired) electrons. The van der Waals surface area contributed by atoms with E-state index in [2.05, 4.69) is 4.74 Å². The van der Waals surface area contributed by atoms with Crippen LogP contribution >= 0.6 is 0 Å². The SMILES string of the molecule is [O]C1OC(O)=C(O)C(O)=C1O. The van der Waals surface area contributed by atoms with E-state index in [-0.39, 0.29) is 0 Å². The van der Waals surface area contributed by atoms with E-state index in [1.165, 1.54) is 0 Å². The highest BCUT2D eigenvalue weighted by Gasteiger charge is 2.30. The maximum Gasteiger partial charge on any atom is 0.327 e. The molecule has 1 aliphatic heterocycles. The van der Waals surface area contributed by atoms with Gasteiger partial charge < -0.3 is 25.2 Å². The molecule has 0 fully saturated rings. The molecular weight excluding hydrogens is 156 g/mol. The van der Waals surface area contributed by atoms with Crippen LogP contribution in [0.3, 0.4) is 0 Å². The van der Waals surface area contributed by atoms with E-state index < -0.39 is 29.5 Å². The summed E-state index contributed by atoms with van der Waals surface area (Å²) in [6.45, 7) is 0. The van der Waals surface area contributed by atoms with Crippen LogP contribution in [0.1, 0.15) is 0 Å². The van der Waals surface area contributed by atoms with E-state index in [0.29, 0.717) is 0 Å². The first-order chi connectivity index (χ1) is 5.04. The monoisotopic (exact) mass is 161 g/mol. The zero-order chi connectivity index (χ0) is 8.59. The molecule has 11 heavy (non-hydrogen) atoms. The van der Waals surface area contributed by atoms with Crippen molar-refractivity contribution in [1.82, 2.24) is 0 Å². The summed E-state index contributed by atoms with van der Waals surface area (Å²) in [4.78, 5) is 0. The molecular formula is C5H5O6. The van der Waals surface area contributed by atoms with Crippen molar-refractivity contribution in [1.29, 1.82) is 0 Å². The van der Waals surface area contributed by atoms with E-state index in [4.69, 9.17) is 20.4 Å². The van der Waals surface area contributed by atoms with Crippen molar-refractivity contribution in [2.45, 2.75) is 6.29 Å². The summed E-state index contributed by atoms with van der Waals surface area (Å²) < 4.78 is 3.94. The molecule has 0 saturated heterocycles. The van der Waals surface area contributed by atoms with Gasteiger partial charge in [0.05, 0.1) is 0 Å². The van der Waals surface area contributed by atoms with Crippen LogP contribution in [-0.4, -0.2) is 26.7 Å². The molecule has 0 aliphatic carbocycles. The Bertz CT molecular complexity index is 239. The maximum absolute atomic E-state index is 10.4. The Morgan fingerprint density at radius 1 is 1.09 bits per heavy atom. The van der Waals surface area contributed by atoms with Crippen molar-refractivity contribution < 1.29 is 30.3 Å². The average molecular weight is 161 g/mol. The quantitative estimate of drug-likeness (QED) is 0.410. The number of ether oxygens (including phenoxy) is 1. The summed E-state index contributed by atoms with van der Waals surface area (Å²) in [6.07, 6.45) is -2.09. The van der Waals surface area contributed by atoms with Gasteiger partial charge in [0.1, 0.15) is 0 Å². The highest BCUT2D eigenvalue weighted by molar-refractivity contribution is 5.25. The maximum atomic E-state index is 10.4. The van der Waals surface area contributed by atoms with Gasteiger partial charge in [0.15, 0.2) is 0 Å². The summed E-state index contributed by atoms with van der Waals surface area (Å²) in [5.41, 5.74) is 0. The predicted molar refractivity (Wildman–Crippen MR) is 30.1 cm³/mol. The first-order valence-corrected chi connectivity index (χ1v) is 2.61. The van der Waals surface area contributed by atoms with Gasteiger partial charge in [0.25, 0.3) is 6.29 Å². The second-order valence-electron chi connectivity index (χ2n) is 1.84. The van der Waals surface area contributed by atoms with E-state index in [0.717, 1.165) is 0 Å². The first-order valence-electron chi connectivity index (χ1n) is 2.61. The molecule has 6 heteroatoms. The Morgan fingerprint density at radius 2 is 1.64 bits per heavy atom. The van der Waals surface area contributed by atoms with Crippen LogP contribution in [0.25, 0.3) is 0 Å². The van der Waals surface area contributed by atoms with Gasteiger partial charge in [0, 0.05) is 0 Å².